The molecule has 2 aromatic heterocycles. The molecule has 0 fully saturated rings. The Morgan fingerprint density at radius 3 is 2.57 bits per heavy atom. The van der Waals surface area contributed by atoms with Gasteiger partial charge in [-0.25, -0.2) is 14.6 Å². The number of nitrogens with one attached hydrogen (secondary N) is 1. The van der Waals surface area contributed by atoms with Gasteiger partial charge in [-0.2, -0.15) is 0 Å². The molecular weight excluding hydrogens is 376 g/mol. The van der Waals surface area contributed by atoms with Crippen LogP contribution in [0.25, 0.3) is 16.7 Å². The molecule has 0 aliphatic rings. The second kappa shape index (κ2) is 7.44. The van der Waals surface area contributed by atoms with E-state index in [1.165, 1.54) is 0 Å². The SMILES string of the molecule is Cc1nc(C(=O)NCCn2c(C)nc3ccccc32)nn1-c1ccc(Cl)cc1. The van der Waals surface area contributed by atoms with Gasteiger partial charge in [-0.3, -0.25) is 4.79 Å². The van der Waals surface area contributed by atoms with E-state index in [0.717, 1.165) is 22.5 Å². The van der Waals surface area contributed by atoms with Crippen LogP contribution in [0.15, 0.2) is 48.5 Å². The Kier molecular flexibility index (Phi) is 4.83. The second-order valence-corrected chi connectivity index (χ2v) is 6.86. The van der Waals surface area contributed by atoms with Crippen LogP contribution in [-0.4, -0.2) is 36.8 Å². The van der Waals surface area contributed by atoms with Crippen molar-refractivity contribution in [2.24, 2.45) is 0 Å². The molecule has 0 bridgehead atoms. The standard InChI is InChI=1S/C20H19ClN6O/c1-13-23-17-5-3-4-6-18(17)26(13)12-11-22-20(28)19-24-14(2)27(25-19)16-9-7-15(21)8-10-16/h3-10H,11-12H2,1-2H3,(H,22,28). The van der Waals surface area contributed by atoms with Crippen LogP contribution in [0.3, 0.4) is 0 Å². The number of benzene rings is 2. The number of rotatable bonds is 5. The molecule has 4 rings (SSSR count). The van der Waals surface area contributed by atoms with Crippen LogP contribution in [0.4, 0.5) is 0 Å². The van der Waals surface area contributed by atoms with Gasteiger partial charge < -0.3 is 9.88 Å². The van der Waals surface area contributed by atoms with Gasteiger partial charge in [0.25, 0.3) is 5.91 Å². The molecular formula is C20H19ClN6O. The van der Waals surface area contributed by atoms with Crippen LogP contribution in [0, 0.1) is 13.8 Å². The molecule has 4 aromatic rings. The number of para-hydroxylation sites is 2. The summed E-state index contributed by atoms with van der Waals surface area (Å²) in [4.78, 5) is 21.3. The van der Waals surface area contributed by atoms with Crippen molar-refractivity contribution in [3.63, 3.8) is 0 Å². The van der Waals surface area contributed by atoms with E-state index >= 15 is 0 Å². The molecule has 1 amide bonds. The van der Waals surface area contributed by atoms with Crippen LogP contribution >= 0.6 is 11.6 Å². The minimum absolute atomic E-state index is 0.139. The lowest BCUT2D eigenvalue weighted by Gasteiger charge is -2.07. The fraction of sp³-hybridized carbons (Fsp3) is 0.200. The minimum Gasteiger partial charge on any atom is -0.347 e. The molecule has 7 nitrogen and oxygen atoms in total. The Hall–Kier alpha value is -3.19. The van der Waals surface area contributed by atoms with Crippen LogP contribution < -0.4 is 5.32 Å². The molecule has 0 radical (unpaired) electrons. The number of halogens is 1. The number of carbonyl (C=O) groups excluding carboxylic acids is 1. The van der Waals surface area contributed by atoms with Crippen molar-refractivity contribution in [1.29, 1.82) is 0 Å². The number of fused-ring (bicyclic) bond motifs is 1. The predicted molar refractivity (Wildman–Crippen MR) is 108 cm³/mol. The van der Waals surface area contributed by atoms with Crippen molar-refractivity contribution in [2.45, 2.75) is 20.4 Å². The van der Waals surface area contributed by atoms with Crippen molar-refractivity contribution >= 4 is 28.5 Å². The Balaban J connectivity index is 1.45. The fourth-order valence-electron chi connectivity index (χ4n) is 3.15. The maximum absolute atomic E-state index is 12.5. The molecule has 0 aliphatic carbocycles. The van der Waals surface area contributed by atoms with Gasteiger partial charge in [0.15, 0.2) is 0 Å². The third kappa shape index (κ3) is 3.48. The zero-order chi connectivity index (χ0) is 19.7. The number of imidazole rings is 1. The zero-order valence-corrected chi connectivity index (χ0v) is 16.3. The Bertz CT molecular complexity index is 1150. The van der Waals surface area contributed by atoms with Crippen LogP contribution in [0.2, 0.25) is 5.02 Å². The largest absolute Gasteiger partial charge is 0.347 e. The Labute approximate surface area is 167 Å². The number of aryl methyl sites for hydroxylation is 2. The van der Waals surface area contributed by atoms with E-state index in [-0.39, 0.29) is 11.7 Å². The van der Waals surface area contributed by atoms with Crippen LogP contribution in [0.1, 0.15) is 22.3 Å². The molecule has 28 heavy (non-hydrogen) atoms. The minimum atomic E-state index is -0.308. The molecule has 0 atom stereocenters. The van der Waals surface area contributed by atoms with Gasteiger partial charge in [0.05, 0.1) is 16.7 Å². The highest BCUT2D eigenvalue weighted by molar-refractivity contribution is 6.30. The third-order valence-corrected chi connectivity index (χ3v) is 4.76. The van der Waals surface area contributed by atoms with Crippen molar-refractivity contribution < 1.29 is 4.79 Å². The normalized spacial score (nSPS) is 11.1. The lowest BCUT2D eigenvalue weighted by Crippen LogP contribution is -2.28. The first-order valence-corrected chi connectivity index (χ1v) is 9.30. The Morgan fingerprint density at radius 1 is 1.04 bits per heavy atom. The van der Waals surface area contributed by atoms with Gasteiger partial charge in [-0.1, -0.05) is 23.7 Å². The van der Waals surface area contributed by atoms with Gasteiger partial charge in [-0.05, 0) is 50.2 Å². The first-order valence-electron chi connectivity index (χ1n) is 8.92. The summed E-state index contributed by atoms with van der Waals surface area (Å²) in [7, 11) is 0. The maximum atomic E-state index is 12.5. The van der Waals surface area contributed by atoms with Gasteiger partial charge in [0.1, 0.15) is 11.6 Å². The topological polar surface area (TPSA) is 77.6 Å². The summed E-state index contributed by atoms with van der Waals surface area (Å²) in [5.41, 5.74) is 2.80. The van der Waals surface area contributed by atoms with Gasteiger partial charge in [-0.15, -0.1) is 5.10 Å². The highest BCUT2D eigenvalue weighted by Gasteiger charge is 2.15. The van der Waals surface area contributed by atoms with E-state index < -0.39 is 0 Å². The van der Waals surface area contributed by atoms with E-state index in [0.29, 0.717) is 23.9 Å². The summed E-state index contributed by atoms with van der Waals surface area (Å²) in [6, 6.07) is 15.2. The molecule has 2 aromatic carbocycles. The number of carbonyl (C=O) groups is 1. The smallest absolute Gasteiger partial charge is 0.291 e. The number of hydrogen-bond acceptors (Lipinski definition) is 4. The van der Waals surface area contributed by atoms with Crippen molar-refractivity contribution in [3.05, 3.63) is 71.0 Å². The number of aromatic nitrogens is 5. The summed E-state index contributed by atoms with van der Waals surface area (Å²) in [6.07, 6.45) is 0. The van der Waals surface area contributed by atoms with Crippen LogP contribution in [0.5, 0.6) is 0 Å². The molecule has 142 valence electrons. The molecule has 1 N–H and O–H groups in total. The van der Waals surface area contributed by atoms with E-state index in [4.69, 9.17) is 11.6 Å². The average Bonchev–Trinajstić information content (AvgIpc) is 3.22. The average molecular weight is 395 g/mol. The molecule has 8 heteroatoms. The molecule has 0 saturated carbocycles. The predicted octanol–water partition coefficient (Wildman–Crippen LogP) is 3.32. The number of nitrogens with zero attached hydrogens (tertiary/aromatic N) is 5. The number of amides is 1. The molecule has 0 unspecified atom stereocenters. The monoisotopic (exact) mass is 394 g/mol. The fourth-order valence-corrected chi connectivity index (χ4v) is 3.28. The van der Waals surface area contributed by atoms with Crippen molar-refractivity contribution in [3.8, 4) is 5.69 Å². The quantitative estimate of drug-likeness (QED) is 0.563. The maximum Gasteiger partial charge on any atom is 0.291 e. The van der Waals surface area contributed by atoms with Crippen molar-refractivity contribution in [1.82, 2.24) is 29.6 Å². The summed E-state index contributed by atoms with van der Waals surface area (Å²) >= 11 is 5.93. The van der Waals surface area contributed by atoms with Gasteiger partial charge in [0.2, 0.25) is 5.82 Å². The van der Waals surface area contributed by atoms with E-state index in [1.54, 1.807) is 23.7 Å². The lowest BCUT2D eigenvalue weighted by molar-refractivity contribution is 0.0942. The highest BCUT2D eigenvalue weighted by Crippen LogP contribution is 2.15. The van der Waals surface area contributed by atoms with Crippen molar-refractivity contribution in [2.75, 3.05) is 6.54 Å². The molecule has 0 aliphatic heterocycles. The zero-order valence-electron chi connectivity index (χ0n) is 15.6. The van der Waals surface area contributed by atoms with E-state index in [2.05, 4.69) is 25.0 Å². The molecule has 0 spiro atoms. The summed E-state index contributed by atoms with van der Waals surface area (Å²) in [5, 5.41) is 7.85. The van der Waals surface area contributed by atoms with E-state index in [1.807, 2.05) is 43.3 Å². The number of hydrogen-bond donors (Lipinski definition) is 1. The highest BCUT2D eigenvalue weighted by atomic mass is 35.5. The summed E-state index contributed by atoms with van der Waals surface area (Å²) in [6.45, 7) is 4.84. The van der Waals surface area contributed by atoms with Gasteiger partial charge >= 0.3 is 0 Å². The Morgan fingerprint density at radius 2 is 1.79 bits per heavy atom. The lowest BCUT2D eigenvalue weighted by atomic mass is 10.3. The van der Waals surface area contributed by atoms with E-state index in [9.17, 15) is 4.79 Å². The second-order valence-electron chi connectivity index (χ2n) is 6.43. The summed E-state index contributed by atoms with van der Waals surface area (Å²) in [5.74, 6) is 1.37. The van der Waals surface area contributed by atoms with Crippen LogP contribution in [-0.2, 0) is 6.54 Å². The first kappa shape index (κ1) is 18.2. The first-order chi connectivity index (χ1) is 13.5. The third-order valence-electron chi connectivity index (χ3n) is 4.51. The molecule has 0 saturated heterocycles. The summed E-state index contributed by atoms with van der Waals surface area (Å²) < 4.78 is 3.71. The van der Waals surface area contributed by atoms with Gasteiger partial charge in [0, 0.05) is 18.1 Å². The molecule has 2 heterocycles.